The third-order valence-corrected chi connectivity index (χ3v) is 6.34. The molecule has 0 radical (unpaired) electrons. The molecule has 1 atom stereocenters. The van der Waals surface area contributed by atoms with Crippen molar-refractivity contribution >= 4 is 27.8 Å². The lowest BCUT2D eigenvalue weighted by Crippen LogP contribution is -2.56. The zero-order valence-electron chi connectivity index (χ0n) is 17.2. The van der Waals surface area contributed by atoms with E-state index in [-0.39, 0.29) is 50.5 Å². The van der Waals surface area contributed by atoms with Crippen molar-refractivity contribution in [2.24, 2.45) is 0 Å². The van der Waals surface area contributed by atoms with Crippen LogP contribution in [0.1, 0.15) is 23.2 Å². The number of rotatable bonds is 7. The molecule has 0 spiro atoms. The van der Waals surface area contributed by atoms with E-state index in [0.29, 0.717) is 0 Å². The van der Waals surface area contributed by atoms with Crippen molar-refractivity contribution in [1.82, 2.24) is 14.1 Å². The lowest BCUT2D eigenvalue weighted by molar-refractivity contribution is -0.142. The Morgan fingerprint density at radius 3 is 2.20 bits per heavy atom. The van der Waals surface area contributed by atoms with Gasteiger partial charge in [-0.25, -0.2) is 12.8 Å². The van der Waals surface area contributed by atoms with Crippen molar-refractivity contribution < 1.29 is 31.9 Å². The van der Waals surface area contributed by atoms with E-state index in [4.69, 9.17) is 0 Å². The first kappa shape index (κ1) is 23.7. The van der Waals surface area contributed by atoms with E-state index in [0.717, 1.165) is 18.4 Å². The van der Waals surface area contributed by atoms with Gasteiger partial charge in [-0.1, -0.05) is 0 Å². The largest absolute Gasteiger partial charge is 0.469 e. The summed E-state index contributed by atoms with van der Waals surface area (Å²) < 4.78 is 42.4. The number of hydrogen-bond donors (Lipinski definition) is 0. The summed E-state index contributed by atoms with van der Waals surface area (Å²) in [4.78, 5) is 40.3. The van der Waals surface area contributed by atoms with Gasteiger partial charge in [-0.05, 0) is 30.7 Å². The Hall–Kier alpha value is -2.53. The average molecular weight is 443 g/mol. The van der Waals surface area contributed by atoms with Crippen molar-refractivity contribution in [3.63, 3.8) is 0 Å². The summed E-state index contributed by atoms with van der Waals surface area (Å²) in [6.45, 7) is 0.673. The predicted octanol–water partition coefficient (Wildman–Crippen LogP) is 0.323. The molecular weight excluding hydrogens is 417 g/mol. The third kappa shape index (κ3) is 5.99. The molecule has 1 saturated heterocycles. The van der Waals surface area contributed by atoms with Crippen LogP contribution < -0.4 is 0 Å². The van der Waals surface area contributed by atoms with Crippen molar-refractivity contribution in [3.8, 4) is 0 Å². The molecule has 166 valence electrons. The summed E-state index contributed by atoms with van der Waals surface area (Å²) in [6, 6.07) is 3.99. The Bertz CT molecular complexity index is 882. The smallest absolute Gasteiger partial charge is 0.305 e. The van der Waals surface area contributed by atoms with Crippen molar-refractivity contribution in [1.29, 1.82) is 0 Å². The fourth-order valence-corrected chi connectivity index (χ4v) is 4.05. The number of piperazine rings is 1. The van der Waals surface area contributed by atoms with Crippen LogP contribution in [0.25, 0.3) is 0 Å². The Morgan fingerprint density at radius 2 is 1.70 bits per heavy atom. The number of benzene rings is 1. The molecule has 0 aliphatic carbocycles. The number of methoxy groups -OCH3 is 1. The molecule has 1 heterocycles. The standard InChI is InChI=1S/C19H26FN3O6S/c1-21(18(25)14-4-6-15(20)7-5-14)16(8-9-17(24)29-2)19(26)22-10-12-23(13-11-22)30(3,27)28/h4-7,16H,8-13H2,1-3H3. The van der Waals surface area contributed by atoms with Crippen LogP contribution in [0.5, 0.6) is 0 Å². The van der Waals surface area contributed by atoms with Crippen molar-refractivity contribution in [3.05, 3.63) is 35.6 Å². The lowest BCUT2D eigenvalue weighted by Gasteiger charge is -2.37. The molecule has 11 heteroatoms. The normalized spacial score (nSPS) is 16.1. The second kappa shape index (κ2) is 9.98. The SMILES string of the molecule is COC(=O)CCC(C(=O)N1CCN(S(C)(=O)=O)CC1)N(C)C(=O)c1ccc(F)cc1. The van der Waals surface area contributed by atoms with Crippen LogP contribution in [0, 0.1) is 5.82 Å². The van der Waals surface area contributed by atoms with Gasteiger partial charge < -0.3 is 14.5 Å². The minimum Gasteiger partial charge on any atom is -0.469 e. The first-order chi connectivity index (χ1) is 14.0. The van der Waals surface area contributed by atoms with Crippen LogP contribution in [0.2, 0.25) is 0 Å². The van der Waals surface area contributed by atoms with Gasteiger partial charge in [0.25, 0.3) is 5.91 Å². The molecule has 2 amide bonds. The molecule has 1 aliphatic rings. The molecule has 0 N–H and O–H groups in total. The van der Waals surface area contributed by atoms with E-state index in [1.54, 1.807) is 0 Å². The summed E-state index contributed by atoms with van der Waals surface area (Å²) in [6.07, 6.45) is 1.08. The quantitative estimate of drug-likeness (QED) is 0.563. The summed E-state index contributed by atoms with van der Waals surface area (Å²) in [5.41, 5.74) is 0.205. The highest BCUT2D eigenvalue weighted by atomic mass is 32.2. The summed E-state index contributed by atoms with van der Waals surface area (Å²) in [5, 5.41) is 0. The molecule has 0 saturated carbocycles. The average Bonchev–Trinajstić information content (AvgIpc) is 2.72. The predicted molar refractivity (Wildman–Crippen MR) is 107 cm³/mol. The van der Waals surface area contributed by atoms with Gasteiger partial charge in [-0.15, -0.1) is 0 Å². The number of carbonyl (C=O) groups excluding carboxylic acids is 3. The van der Waals surface area contributed by atoms with E-state index in [9.17, 15) is 27.2 Å². The summed E-state index contributed by atoms with van der Waals surface area (Å²) in [5.74, 6) is -1.88. The zero-order valence-corrected chi connectivity index (χ0v) is 18.0. The maximum absolute atomic E-state index is 13.2. The number of hydrogen-bond acceptors (Lipinski definition) is 6. The second-order valence-corrected chi connectivity index (χ2v) is 9.02. The fraction of sp³-hybridized carbons (Fsp3) is 0.526. The number of halogens is 1. The molecule has 0 bridgehead atoms. The van der Waals surface area contributed by atoms with E-state index in [2.05, 4.69) is 4.74 Å². The third-order valence-electron chi connectivity index (χ3n) is 5.03. The van der Waals surface area contributed by atoms with E-state index < -0.39 is 33.8 Å². The molecule has 1 fully saturated rings. The van der Waals surface area contributed by atoms with Crippen molar-refractivity contribution in [2.45, 2.75) is 18.9 Å². The monoisotopic (exact) mass is 443 g/mol. The highest BCUT2D eigenvalue weighted by Gasteiger charge is 2.34. The first-order valence-electron chi connectivity index (χ1n) is 9.38. The number of ether oxygens (including phenoxy) is 1. The molecule has 1 unspecified atom stereocenters. The van der Waals surface area contributed by atoms with Gasteiger partial charge in [0.2, 0.25) is 15.9 Å². The van der Waals surface area contributed by atoms with E-state index >= 15 is 0 Å². The van der Waals surface area contributed by atoms with Gasteiger partial charge in [0.05, 0.1) is 13.4 Å². The Kier molecular flexibility index (Phi) is 7.90. The van der Waals surface area contributed by atoms with Gasteiger partial charge in [0.1, 0.15) is 11.9 Å². The number of amides is 2. The van der Waals surface area contributed by atoms with Crippen LogP contribution in [0.4, 0.5) is 4.39 Å². The number of sulfonamides is 1. The number of esters is 1. The number of nitrogens with zero attached hydrogens (tertiary/aromatic N) is 3. The van der Waals surface area contributed by atoms with E-state index in [1.165, 1.54) is 40.4 Å². The Morgan fingerprint density at radius 1 is 1.13 bits per heavy atom. The van der Waals surface area contributed by atoms with Crippen LogP contribution in [0.15, 0.2) is 24.3 Å². The fourth-order valence-electron chi connectivity index (χ4n) is 3.23. The van der Waals surface area contributed by atoms with Crippen LogP contribution in [-0.4, -0.2) is 92.9 Å². The van der Waals surface area contributed by atoms with Crippen LogP contribution in [-0.2, 0) is 24.3 Å². The van der Waals surface area contributed by atoms with Crippen LogP contribution >= 0.6 is 0 Å². The summed E-state index contributed by atoms with van der Waals surface area (Å²) >= 11 is 0. The van der Waals surface area contributed by atoms with Gasteiger partial charge in [-0.2, -0.15) is 4.31 Å². The molecule has 30 heavy (non-hydrogen) atoms. The second-order valence-electron chi connectivity index (χ2n) is 7.04. The van der Waals surface area contributed by atoms with E-state index in [1.807, 2.05) is 0 Å². The van der Waals surface area contributed by atoms with Gasteiger partial charge in [0.15, 0.2) is 0 Å². The highest BCUT2D eigenvalue weighted by Crippen LogP contribution is 2.16. The van der Waals surface area contributed by atoms with Crippen molar-refractivity contribution in [2.75, 3.05) is 46.6 Å². The minimum absolute atomic E-state index is 0.0429. The number of carbonyl (C=O) groups is 3. The Labute approximate surface area is 175 Å². The zero-order chi connectivity index (χ0) is 22.5. The summed E-state index contributed by atoms with van der Waals surface area (Å²) in [7, 11) is -0.675. The molecule has 1 aromatic rings. The minimum atomic E-state index is -3.35. The molecule has 0 aromatic heterocycles. The topological polar surface area (TPSA) is 104 Å². The lowest BCUT2D eigenvalue weighted by atomic mass is 10.1. The highest BCUT2D eigenvalue weighted by molar-refractivity contribution is 7.88. The molecular formula is C19H26FN3O6S. The van der Waals surface area contributed by atoms with Gasteiger partial charge in [-0.3, -0.25) is 14.4 Å². The maximum Gasteiger partial charge on any atom is 0.305 e. The molecule has 2 rings (SSSR count). The van der Waals surface area contributed by atoms with Crippen LogP contribution in [0.3, 0.4) is 0 Å². The van der Waals surface area contributed by atoms with Gasteiger partial charge in [0, 0.05) is 45.2 Å². The molecule has 9 nitrogen and oxygen atoms in total. The molecule has 1 aromatic carbocycles. The first-order valence-corrected chi connectivity index (χ1v) is 11.2. The Balaban J connectivity index is 2.17. The maximum atomic E-state index is 13.2. The number of likely N-dealkylation sites (N-methyl/N-ethyl adjacent to an activating group) is 1. The van der Waals surface area contributed by atoms with Gasteiger partial charge >= 0.3 is 5.97 Å². The molecule has 1 aliphatic heterocycles.